The maximum Gasteiger partial charge on any atom is 0.355 e. The van der Waals surface area contributed by atoms with E-state index in [-0.39, 0.29) is 11.1 Å². The number of hydrogen-bond acceptors (Lipinski definition) is 4. The quantitative estimate of drug-likeness (QED) is 0.866. The molecular formula is C17H21NO3S. The summed E-state index contributed by atoms with van der Waals surface area (Å²) in [5, 5.41) is 11.4. The summed E-state index contributed by atoms with van der Waals surface area (Å²) < 4.78 is 5.84. The molecular weight excluding hydrogens is 298 g/mol. The van der Waals surface area contributed by atoms with Crippen LogP contribution in [0.2, 0.25) is 0 Å². The predicted molar refractivity (Wildman–Crippen MR) is 88.1 cm³/mol. The summed E-state index contributed by atoms with van der Waals surface area (Å²) in [5.74, 6) is -0.108. The van der Waals surface area contributed by atoms with Crippen LogP contribution in [0.15, 0.2) is 23.6 Å². The highest BCUT2D eigenvalue weighted by atomic mass is 32.1. The summed E-state index contributed by atoms with van der Waals surface area (Å²) >= 11 is 1.39. The number of nitrogens with zero attached hydrogens (tertiary/aromatic N) is 1. The number of benzene rings is 1. The maximum absolute atomic E-state index is 10.9. The van der Waals surface area contributed by atoms with Crippen molar-refractivity contribution in [3.8, 4) is 5.75 Å². The smallest absolute Gasteiger partial charge is 0.355 e. The van der Waals surface area contributed by atoms with Crippen molar-refractivity contribution in [2.45, 2.75) is 39.5 Å². The Balaban J connectivity index is 1.98. The molecule has 0 fully saturated rings. The van der Waals surface area contributed by atoms with Crippen molar-refractivity contribution in [1.29, 1.82) is 0 Å². The fourth-order valence-electron chi connectivity index (χ4n) is 2.23. The van der Waals surface area contributed by atoms with Crippen LogP contribution in [0, 0.1) is 13.8 Å². The Labute approximate surface area is 134 Å². The average molecular weight is 319 g/mol. The van der Waals surface area contributed by atoms with Crippen LogP contribution in [0.5, 0.6) is 5.75 Å². The molecule has 0 spiro atoms. The van der Waals surface area contributed by atoms with Gasteiger partial charge in [-0.05, 0) is 43.5 Å². The summed E-state index contributed by atoms with van der Waals surface area (Å²) in [6.45, 7) is 8.78. The van der Waals surface area contributed by atoms with Gasteiger partial charge in [-0.2, -0.15) is 0 Å². The van der Waals surface area contributed by atoms with Gasteiger partial charge in [0.1, 0.15) is 5.75 Å². The van der Waals surface area contributed by atoms with Crippen molar-refractivity contribution in [3.05, 3.63) is 45.4 Å². The molecule has 1 heterocycles. The van der Waals surface area contributed by atoms with Gasteiger partial charge in [0.05, 0.1) is 11.6 Å². The van der Waals surface area contributed by atoms with Crippen molar-refractivity contribution >= 4 is 17.3 Å². The topological polar surface area (TPSA) is 59.4 Å². The lowest BCUT2D eigenvalue weighted by atomic mass is 9.90. The van der Waals surface area contributed by atoms with E-state index in [1.54, 1.807) is 5.38 Å². The molecule has 118 valence electrons. The van der Waals surface area contributed by atoms with Gasteiger partial charge >= 0.3 is 5.97 Å². The van der Waals surface area contributed by atoms with Gasteiger partial charge in [-0.3, -0.25) is 0 Å². The molecule has 2 rings (SSSR count). The minimum Gasteiger partial charge on any atom is -0.494 e. The van der Waals surface area contributed by atoms with Crippen LogP contribution in [-0.4, -0.2) is 22.7 Å². The van der Waals surface area contributed by atoms with Gasteiger partial charge in [-0.15, -0.1) is 11.3 Å². The molecule has 0 radical (unpaired) electrons. The summed E-state index contributed by atoms with van der Waals surface area (Å²) in [5.41, 5.74) is 2.26. The summed E-state index contributed by atoms with van der Waals surface area (Å²) in [6, 6.07) is 6.15. The van der Waals surface area contributed by atoms with Crippen molar-refractivity contribution in [1.82, 2.24) is 4.98 Å². The molecule has 0 aliphatic heterocycles. The van der Waals surface area contributed by atoms with Crippen molar-refractivity contribution in [2.24, 2.45) is 0 Å². The molecule has 5 heteroatoms. The second-order valence-corrected chi connectivity index (χ2v) is 7.01. The fourth-order valence-corrected chi connectivity index (χ4v) is 3.18. The predicted octanol–water partition coefficient (Wildman–Crippen LogP) is 4.20. The molecule has 22 heavy (non-hydrogen) atoms. The number of ether oxygens (including phenoxy) is 1. The number of carboxylic acids is 1. The SMILES string of the molecule is Cc1cc(C)cc(OCCC(C)(C)c2nc(C(=O)O)cs2)c1. The van der Waals surface area contributed by atoms with Gasteiger partial charge in [0.2, 0.25) is 0 Å². The van der Waals surface area contributed by atoms with E-state index in [0.29, 0.717) is 6.61 Å². The molecule has 0 saturated heterocycles. The van der Waals surface area contributed by atoms with E-state index in [9.17, 15) is 4.79 Å². The summed E-state index contributed by atoms with van der Waals surface area (Å²) in [7, 11) is 0. The second-order valence-electron chi connectivity index (χ2n) is 6.15. The molecule has 0 atom stereocenters. The van der Waals surface area contributed by atoms with Crippen LogP contribution in [0.4, 0.5) is 0 Å². The van der Waals surface area contributed by atoms with E-state index in [2.05, 4.69) is 24.9 Å². The minimum atomic E-state index is -0.982. The van der Waals surface area contributed by atoms with Gasteiger partial charge in [0.25, 0.3) is 0 Å². The number of carboxylic acid groups (broad SMARTS) is 1. The molecule has 0 bridgehead atoms. The highest BCUT2D eigenvalue weighted by Gasteiger charge is 2.25. The van der Waals surface area contributed by atoms with Crippen LogP contribution in [-0.2, 0) is 5.41 Å². The summed E-state index contributed by atoms with van der Waals surface area (Å²) in [4.78, 5) is 15.1. The first-order valence-corrected chi connectivity index (χ1v) is 8.06. The molecule has 0 unspecified atom stereocenters. The standard InChI is InChI=1S/C17H21NO3S/c1-11-7-12(2)9-13(8-11)21-6-5-17(3,4)16-18-14(10-22-16)15(19)20/h7-10H,5-6H2,1-4H3,(H,19,20). The number of thiazole rings is 1. The molecule has 1 aromatic carbocycles. The van der Waals surface area contributed by atoms with Crippen molar-refractivity contribution in [2.75, 3.05) is 6.61 Å². The first-order valence-electron chi connectivity index (χ1n) is 7.18. The minimum absolute atomic E-state index is 0.114. The average Bonchev–Trinajstić information content (AvgIpc) is 2.87. The third-order valence-corrected chi connectivity index (χ3v) is 4.70. The molecule has 0 saturated carbocycles. The second kappa shape index (κ2) is 6.48. The number of rotatable bonds is 6. The maximum atomic E-state index is 10.9. The van der Waals surface area contributed by atoms with E-state index < -0.39 is 5.97 Å². The molecule has 4 nitrogen and oxygen atoms in total. The monoisotopic (exact) mass is 319 g/mol. The lowest BCUT2D eigenvalue weighted by molar-refractivity contribution is 0.0691. The van der Waals surface area contributed by atoms with Crippen LogP contribution < -0.4 is 4.74 Å². The van der Waals surface area contributed by atoms with Crippen LogP contribution in [0.3, 0.4) is 0 Å². The first-order chi connectivity index (χ1) is 10.3. The zero-order chi connectivity index (χ0) is 16.3. The van der Waals surface area contributed by atoms with Gasteiger partial charge < -0.3 is 9.84 Å². The Morgan fingerprint density at radius 2 is 1.91 bits per heavy atom. The van der Waals surface area contributed by atoms with E-state index >= 15 is 0 Å². The molecule has 2 aromatic rings. The molecule has 1 aromatic heterocycles. The normalized spacial score (nSPS) is 11.5. The first kappa shape index (κ1) is 16.5. The van der Waals surface area contributed by atoms with Gasteiger partial charge in [-0.1, -0.05) is 19.9 Å². The highest BCUT2D eigenvalue weighted by Crippen LogP contribution is 2.30. The molecule has 0 amide bonds. The molecule has 1 N–H and O–H groups in total. The largest absolute Gasteiger partial charge is 0.494 e. The number of aromatic nitrogens is 1. The zero-order valence-corrected chi connectivity index (χ0v) is 14.2. The van der Waals surface area contributed by atoms with Crippen molar-refractivity contribution < 1.29 is 14.6 Å². The summed E-state index contributed by atoms with van der Waals surface area (Å²) in [6.07, 6.45) is 0.770. The zero-order valence-electron chi connectivity index (χ0n) is 13.3. The number of carbonyl (C=O) groups is 1. The van der Waals surface area contributed by atoms with Gasteiger partial charge in [-0.25, -0.2) is 9.78 Å². The molecule has 0 aliphatic rings. The lowest BCUT2D eigenvalue weighted by Crippen LogP contribution is -2.20. The lowest BCUT2D eigenvalue weighted by Gasteiger charge is -2.22. The Bertz CT molecular complexity index is 656. The number of aryl methyl sites for hydroxylation is 2. The van der Waals surface area contributed by atoms with E-state index in [1.165, 1.54) is 22.5 Å². The van der Waals surface area contributed by atoms with Crippen molar-refractivity contribution in [3.63, 3.8) is 0 Å². The van der Waals surface area contributed by atoms with Crippen LogP contribution in [0.1, 0.15) is 46.9 Å². The Hall–Kier alpha value is -1.88. The Morgan fingerprint density at radius 1 is 1.27 bits per heavy atom. The van der Waals surface area contributed by atoms with Crippen LogP contribution >= 0.6 is 11.3 Å². The number of aromatic carboxylic acids is 1. The highest BCUT2D eigenvalue weighted by molar-refractivity contribution is 7.10. The van der Waals surface area contributed by atoms with Gasteiger partial charge in [0.15, 0.2) is 5.69 Å². The Kier molecular flexibility index (Phi) is 4.86. The van der Waals surface area contributed by atoms with Gasteiger partial charge in [0, 0.05) is 10.8 Å². The third-order valence-electron chi connectivity index (χ3n) is 3.49. The van der Waals surface area contributed by atoms with E-state index in [1.807, 2.05) is 26.0 Å². The third kappa shape index (κ3) is 4.07. The fraction of sp³-hybridized carbons (Fsp3) is 0.412. The van der Waals surface area contributed by atoms with Crippen LogP contribution in [0.25, 0.3) is 0 Å². The number of hydrogen-bond donors (Lipinski definition) is 1. The molecule has 0 aliphatic carbocycles. The Morgan fingerprint density at radius 3 is 2.45 bits per heavy atom. The van der Waals surface area contributed by atoms with E-state index in [4.69, 9.17) is 9.84 Å². The van der Waals surface area contributed by atoms with E-state index in [0.717, 1.165) is 17.2 Å².